The van der Waals surface area contributed by atoms with E-state index in [0.717, 1.165) is 30.8 Å². The van der Waals surface area contributed by atoms with Gasteiger partial charge in [0.1, 0.15) is 11.9 Å². The van der Waals surface area contributed by atoms with Crippen LogP contribution in [-0.4, -0.2) is 40.7 Å². The normalized spacial score (nSPS) is 19.7. The largest absolute Gasteiger partial charge is 0.487 e. The molecule has 6 heteroatoms. The SMILES string of the molecule is OC(CN1CCC(Oc2cccnc2)C1)c1ccc(F)c(F)c1. The second-order valence-electron chi connectivity index (χ2n) is 5.67. The van der Waals surface area contributed by atoms with Crippen molar-refractivity contribution in [1.82, 2.24) is 9.88 Å². The number of aromatic nitrogens is 1. The molecule has 4 nitrogen and oxygen atoms in total. The predicted octanol–water partition coefficient (Wildman–Crippen LogP) is 2.55. The van der Waals surface area contributed by atoms with Gasteiger partial charge in [-0.1, -0.05) is 6.07 Å². The van der Waals surface area contributed by atoms with E-state index in [2.05, 4.69) is 4.98 Å². The Labute approximate surface area is 133 Å². The van der Waals surface area contributed by atoms with Gasteiger partial charge in [0.05, 0.1) is 12.3 Å². The maximum atomic E-state index is 13.2. The molecule has 2 atom stereocenters. The number of pyridine rings is 1. The van der Waals surface area contributed by atoms with Crippen LogP contribution in [-0.2, 0) is 0 Å². The van der Waals surface area contributed by atoms with Gasteiger partial charge >= 0.3 is 0 Å². The number of halogens is 2. The number of nitrogens with zero attached hydrogens (tertiary/aromatic N) is 2. The first-order chi connectivity index (χ1) is 11.1. The van der Waals surface area contributed by atoms with Gasteiger partial charge in [-0.05, 0) is 36.2 Å². The van der Waals surface area contributed by atoms with E-state index in [1.807, 2.05) is 17.0 Å². The number of ether oxygens (including phenoxy) is 1. The second-order valence-corrected chi connectivity index (χ2v) is 5.67. The summed E-state index contributed by atoms with van der Waals surface area (Å²) >= 11 is 0. The van der Waals surface area contributed by atoms with Crippen LogP contribution in [0.1, 0.15) is 18.1 Å². The van der Waals surface area contributed by atoms with E-state index in [0.29, 0.717) is 18.7 Å². The van der Waals surface area contributed by atoms with Crippen molar-refractivity contribution in [2.24, 2.45) is 0 Å². The van der Waals surface area contributed by atoms with Gasteiger partial charge in [-0.3, -0.25) is 9.88 Å². The molecule has 1 aliphatic rings. The molecule has 23 heavy (non-hydrogen) atoms. The standard InChI is InChI=1S/C17H18F2N2O2/c18-15-4-3-12(8-16(15)19)17(22)11-21-7-5-14(10-21)23-13-2-1-6-20-9-13/h1-4,6,8-9,14,17,22H,5,7,10-11H2. The smallest absolute Gasteiger partial charge is 0.159 e. The van der Waals surface area contributed by atoms with E-state index in [4.69, 9.17) is 4.74 Å². The van der Waals surface area contributed by atoms with Crippen LogP contribution in [0.15, 0.2) is 42.7 Å². The molecular weight excluding hydrogens is 302 g/mol. The molecule has 2 unspecified atom stereocenters. The van der Waals surface area contributed by atoms with Crippen LogP contribution in [0.4, 0.5) is 8.78 Å². The van der Waals surface area contributed by atoms with Crippen LogP contribution in [0.5, 0.6) is 5.75 Å². The molecule has 2 aromatic rings. The molecule has 122 valence electrons. The molecule has 0 aliphatic carbocycles. The summed E-state index contributed by atoms with van der Waals surface area (Å²) in [6, 6.07) is 7.15. The van der Waals surface area contributed by atoms with E-state index in [1.165, 1.54) is 6.07 Å². The van der Waals surface area contributed by atoms with E-state index in [9.17, 15) is 13.9 Å². The Kier molecular flexibility index (Phi) is 4.83. The zero-order valence-corrected chi connectivity index (χ0v) is 12.5. The van der Waals surface area contributed by atoms with Crippen molar-refractivity contribution in [2.75, 3.05) is 19.6 Å². The van der Waals surface area contributed by atoms with Crippen molar-refractivity contribution in [2.45, 2.75) is 18.6 Å². The van der Waals surface area contributed by atoms with Gasteiger partial charge in [0.15, 0.2) is 11.6 Å². The highest BCUT2D eigenvalue weighted by Crippen LogP contribution is 2.22. The van der Waals surface area contributed by atoms with Crippen molar-refractivity contribution >= 4 is 0 Å². The Morgan fingerprint density at radius 2 is 2.17 bits per heavy atom. The number of benzene rings is 1. The number of aliphatic hydroxyl groups is 1. The third kappa shape index (κ3) is 4.03. The van der Waals surface area contributed by atoms with Gasteiger partial charge < -0.3 is 9.84 Å². The second kappa shape index (κ2) is 7.02. The minimum absolute atomic E-state index is 0.0383. The molecule has 1 saturated heterocycles. The zero-order chi connectivity index (χ0) is 16.2. The molecular formula is C17H18F2N2O2. The first-order valence-electron chi connectivity index (χ1n) is 7.54. The molecule has 3 rings (SSSR count). The fourth-order valence-corrected chi connectivity index (χ4v) is 2.74. The predicted molar refractivity (Wildman–Crippen MR) is 81.0 cm³/mol. The zero-order valence-electron chi connectivity index (χ0n) is 12.5. The lowest BCUT2D eigenvalue weighted by Crippen LogP contribution is -2.29. The van der Waals surface area contributed by atoms with Crippen LogP contribution < -0.4 is 4.74 Å². The van der Waals surface area contributed by atoms with Gasteiger partial charge in [-0.15, -0.1) is 0 Å². The van der Waals surface area contributed by atoms with E-state index in [1.54, 1.807) is 12.4 Å². The fraction of sp³-hybridized carbons (Fsp3) is 0.353. The summed E-state index contributed by atoms with van der Waals surface area (Å²) in [5, 5.41) is 10.2. The summed E-state index contributed by atoms with van der Waals surface area (Å²) in [5.74, 6) is -1.13. The lowest BCUT2D eigenvalue weighted by Gasteiger charge is -2.20. The Morgan fingerprint density at radius 1 is 1.30 bits per heavy atom. The Morgan fingerprint density at radius 3 is 2.91 bits per heavy atom. The van der Waals surface area contributed by atoms with E-state index < -0.39 is 17.7 Å². The highest BCUT2D eigenvalue weighted by atomic mass is 19.2. The third-order valence-electron chi connectivity index (χ3n) is 3.93. The monoisotopic (exact) mass is 320 g/mol. The molecule has 0 saturated carbocycles. The van der Waals surface area contributed by atoms with Gasteiger partial charge in [0, 0.05) is 25.8 Å². The molecule has 0 spiro atoms. The quantitative estimate of drug-likeness (QED) is 0.920. The molecule has 1 N–H and O–H groups in total. The Bertz CT molecular complexity index is 654. The average molecular weight is 320 g/mol. The molecule has 1 aliphatic heterocycles. The Hall–Kier alpha value is -2.05. The Balaban J connectivity index is 1.54. The highest BCUT2D eigenvalue weighted by Gasteiger charge is 2.26. The summed E-state index contributed by atoms with van der Waals surface area (Å²) in [4.78, 5) is 6.05. The minimum Gasteiger partial charge on any atom is -0.487 e. The van der Waals surface area contributed by atoms with Crippen molar-refractivity contribution in [3.05, 3.63) is 59.9 Å². The van der Waals surface area contributed by atoms with Gasteiger partial charge in [-0.25, -0.2) is 8.78 Å². The molecule has 0 radical (unpaired) electrons. The van der Waals surface area contributed by atoms with Crippen LogP contribution in [0, 0.1) is 11.6 Å². The lowest BCUT2D eigenvalue weighted by atomic mass is 10.1. The van der Waals surface area contributed by atoms with Crippen molar-refractivity contribution < 1.29 is 18.6 Å². The maximum absolute atomic E-state index is 13.2. The first kappa shape index (κ1) is 15.8. The fourth-order valence-electron chi connectivity index (χ4n) is 2.74. The van der Waals surface area contributed by atoms with Gasteiger partial charge in [-0.2, -0.15) is 0 Å². The molecule has 2 heterocycles. The summed E-state index contributed by atoms with van der Waals surface area (Å²) in [5.41, 5.74) is 0.375. The number of aliphatic hydroxyl groups excluding tert-OH is 1. The molecule has 0 bridgehead atoms. The van der Waals surface area contributed by atoms with Crippen LogP contribution in [0.2, 0.25) is 0 Å². The maximum Gasteiger partial charge on any atom is 0.159 e. The van der Waals surface area contributed by atoms with Crippen molar-refractivity contribution in [1.29, 1.82) is 0 Å². The summed E-state index contributed by atoms with van der Waals surface area (Å²) in [6.07, 6.45) is 3.38. The van der Waals surface area contributed by atoms with Gasteiger partial charge in [0.2, 0.25) is 0 Å². The van der Waals surface area contributed by atoms with Crippen molar-refractivity contribution in [3.8, 4) is 5.75 Å². The number of β-amino-alcohol motifs (C(OH)–C–C–N with tert-alkyl or cyclic N) is 1. The number of rotatable bonds is 5. The summed E-state index contributed by atoms with van der Waals surface area (Å²) in [6.45, 7) is 1.82. The lowest BCUT2D eigenvalue weighted by molar-refractivity contribution is 0.116. The highest BCUT2D eigenvalue weighted by molar-refractivity contribution is 5.20. The minimum atomic E-state index is -0.944. The molecule has 0 amide bonds. The van der Waals surface area contributed by atoms with E-state index in [-0.39, 0.29) is 6.10 Å². The van der Waals surface area contributed by atoms with Crippen molar-refractivity contribution in [3.63, 3.8) is 0 Å². The number of hydrogen-bond donors (Lipinski definition) is 1. The van der Waals surface area contributed by atoms with Crippen LogP contribution in [0.3, 0.4) is 0 Å². The van der Waals surface area contributed by atoms with Crippen LogP contribution in [0.25, 0.3) is 0 Å². The van der Waals surface area contributed by atoms with Crippen LogP contribution >= 0.6 is 0 Å². The van der Waals surface area contributed by atoms with Gasteiger partial charge in [0.25, 0.3) is 0 Å². The first-order valence-corrected chi connectivity index (χ1v) is 7.54. The third-order valence-corrected chi connectivity index (χ3v) is 3.93. The molecule has 1 aromatic carbocycles. The summed E-state index contributed by atoms with van der Waals surface area (Å²) < 4.78 is 32.0. The van der Waals surface area contributed by atoms with E-state index >= 15 is 0 Å². The number of hydrogen-bond acceptors (Lipinski definition) is 4. The molecule has 1 fully saturated rings. The molecule has 1 aromatic heterocycles. The average Bonchev–Trinajstić information content (AvgIpc) is 2.98. The topological polar surface area (TPSA) is 45.6 Å². The number of likely N-dealkylation sites (tertiary alicyclic amines) is 1. The summed E-state index contributed by atoms with van der Waals surface area (Å²) in [7, 11) is 0.